The minimum absolute atomic E-state index is 0.181. The van der Waals surface area contributed by atoms with Gasteiger partial charge in [-0.3, -0.25) is 14.5 Å². The molecule has 176 valence electrons. The van der Waals surface area contributed by atoms with Crippen molar-refractivity contribution in [2.24, 2.45) is 0 Å². The summed E-state index contributed by atoms with van der Waals surface area (Å²) in [7, 11) is 3.21. The molecule has 34 heavy (non-hydrogen) atoms. The molecule has 3 aromatic rings. The Morgan fingerprint density at radius 2 is 1.79 bits per heavy atom. The van der Waals surface area contributed by atoms with Crippen LogP contribution in [0.5, 0.6) is 5.75 Å². The van der Waals surface area contributed by atoms with Crippen LogP contribution in [0, 0.1) is 0 Å². The summed E-state index contributed by atoms with van der Waals surface area (Å²) in [6, 6.07) is 20.4. The van der Waals surface area contributed by atoms with E-state index >= 15 is 0 Å². The second-order valence-electron chi connectivity index (χ2n) is 8.10. The Bertz CT molecular complexity index is 1120. The summed E-state index contributed by atoms with van der Waals surface area (Å²) in [4.78, 5) is 34.7. The van der Waals surface area contributed by atoms with E-state index in [9.17, 15) is 9.59 Å². The number of piperazine rings is 1. The summed E-state index contributed by atoms with van der Waals surface area (Å²) < 4.78 is 5.21. The third-order valence-corrected chi connectivity index (χ3v) is 5.91. The summed E-state index contributed by atoms with van der Waals surface area (Å²) in [6.07, 6.45) is 1.64. The van der Waals surface area contributed by atoms with Crippen molar-refractivity contribution in [1.82, 2.24) is 20.1 Å². The molecule has 2 N–H and O–H groups in total. The highest BCUT2D eigenvalue weighted by Crippen LogP contribution is 2.24. The summed E-state index contributed by atoms with van der Waals surface area (Å²) in [6.45, 7) is 2.31. The van der Waals surface area contributed by atoms with E-state index in [1.807, 2.05) is 42.5 Å². The van der Waals surface area contributed by atoms with Gasteiger partial charge in [0.15, 0.2) is 0 Å². The Labute approximate surface area is 199 Å². The van der Waals surface area contributed by atoms with Gasteiger partial charge in [0.2, 0.25) is 5.91 Å². The molecule has 2 aromatic carbocycles. The van der Waals surface area contributed by atoms with Gasteiger partial charge >= 0.3 is 0 Å². The predicted molar refractivity (Wildman–Crippen MR) is 131 cm³/mol. The van der Waals surface area contributed by atoms with Gasteiger partial charge in [-0.2, -0.15) is 0 Å². The Morgan fingerprint density at radius 1 is 1.03 bits per heavy atom. The molecule has 0 spiro atoms. The quantitative estimate of drug-likeness (QED) is 0.565. The van der Waals surface area contributed by atoms with Gasteiger partial charge in [0.05, 0.1) is 12.7 Å². The topological polar surface area (TPSA) is 86.8 Å². The molecule has 1 unspecified atom stereocenters. The summed E-state index contributed by atoms with van der Waals surface area (Å²) >= 11 is 0. The van der Waals surface area contributed by atoms with Crippen LogP contribution in [0.1, 0.15) is 15.9 Å². The number of methoxy groups -OCH3 is 1. The molecular weight excluding hydrogens is 430 g/mol. The lowest BCUT2D eigenvalue weighted by Gasteiger charge is -2.40. The lowest BCUT2D eigenvalue weighted by molar-refractivity contribution is -0.127. The van der Waals surface area contributed by atoms with Crippen LogP contribution in [0.4, 0.5) is 11.5 Å². The van der Waals surface area contributed by atoms with E-state index in [1.165, 1.54) is 5.56 Å². The van der Waals surface area contributed by atoms with E-state index in [0.717, 1.165) is 18.0 Å². The highest BCUT2D eigenvalue weighted by Gasteiger charge is 2.36. The van der Waals surface area contributed by atoms with Crippen LogP contribution in [0.15, 0.2) is 72.9 Å². The number of anilines is 2. The molecule has 0 radical (unpaired) electrons. The molecule has 2 amide bonds. The molecule has 1 aliphatic heterocycles. The molecule has 1 saturated heterocycles. The molecule has 0 aliphatic carbocycles. The number of nitrogens with one attached hydrogen (secondary N) is 2. The lowest BCUT2D eigenvalue weighted by atomic mass is 10.1. The third kappa shape index (κ3) is 5.35. The van der Waals surface area contributed by atoms with Crippen molar-refractivity contribution in [2.45, 2.75) is 12.6 Å². The van der Waals surface area contributed by atoms with Crippen LogP contribution < -0.4 is 15.4 Å². The molecule has 0 bridgehead atoms. The summed E-state index contributed by atoms with van der Waals surface area (Å²) in [5.74, 6) is 0.779. The number of carbonyl (C=O) groups excluding carboxylic acids is 2. The van der Waals surface area contributed by atoms with Gasteiger partial charge in [0.25, 0.3) is 5.91 Å². The molecule has 1 aliphatic rings. The number of aromatic nitrogens is 1. The number of carbonyl (C=O) groups is 2. The Balaban J connectivity index is 1.53. The van der Waals surface area contributed by atoms with E-state index in [2.05, 4.69) is 32.7 Å². The van der Waals surface area contributed by atoms with E-state index < -0.39 is 6.04 Å². The molecule has 8 nitrogen and oxygen atoms in total. The van der Waals surface area contributed by atoms with Gasteiger partial charge in [-0.15, -0.1) is 0 Å². The van der Waals surface area contributed by atoms with Crippen LogP contribution in [0.3, 0.4) is 0 Å². The van der Waals surface area contributed by atoms with E-state index in [1.54, 1.807) is 37.4 Å². The van der Waals surface area contributed by atoms with Crippen molar-refractivity contribution in [2.75, 3.05) is 39.1 Å². The Kier molecular flexibility index (Phi) is 7.39. The number of likely N-dealkylation sites (N-methyl/N-ethyl adjacent to an activating group) is 1. The fourth-order valence-electron chi connectivity index (χ4n) is 4.10. The summed E-state index contributed by atoms with van der Waals surface area (Å²) in [5, 5.41) is 5.94. The number of benzene rings is 2. The number of pyridine rings is 1. The SMILES string of the molecule is CNC(=O)C1CN(Cc2ccccc2)CCN1C(=O)c1cccnc1Nc1ccc(OC)cc1. The van der Waals surface area contributed by atoms with Crippen molar-refractivity contribution in [3.63, 3.8) is 0 Å². The van der Waals surface area contributed by atoms with Crippen LogP contribution in [0.25, 0.3) is 0 Å². The van der Waals surface area contributed by atoms with Gasteiger partial charge < -0.3 is 20.3 Å². The maximum Gasteiger partial charge on any atom is 0.258 e. The van der Waals surface area contributed by atoms with Crippen LogP contribution in [-0.2, 0) is 11.3 Å². The van der Waals surface area contributed by atoms with E-state index in [0.29, 0.717) is 31.0 Å². The second kappa shape index (κ2) is 10.8. The van der Waals surface area contributed by atoms with Crippen molar-refractivity contribution in [3.05, 3.63) is 84.1 Å². The standard InChI is InChI=1S/C26H29N5O3/c1-27-25(32)23-18-30(17-19-7-4-3-5-8-19)15-16-31(23)26(33)22-9-6-14-28-24(22)29-20-10-12-21(34-2)13-11-20/h3-14,23H,15-18H2,1-2H3,(H,27,32)(H,28,29). The van der Waals surface area contributed by atoms with Crippen LogP contribution in [-0.4, -0.2) is 66.4 Å². The highest BCUT2D eigenvalue weighted by atomic mass is 16.5. The third-order valence-electron chi connectivity index (χ3n) is 5.91. The first kappa shape index (κ1) is 23.3. The zero-order valence-corrected chi connectivity index (χ0v) is 19.4. The first-order valence-corrected chi connectivity index (χ1v) is 11.2. The molecule has 8 heteroatoms. The maximum absolute atomic E-state index is 13.6. The average Bonchev–Trinajstić information content (AvgIpc) is 2.89. The number of ether oxygens (including phenoxy) is 1. The molecule has 2 heterocycles. The van der Waals surface area contributed by atoms with Crippen molar-refractivity contribution >= 4 is 23.3 Å². The van der Waals surface area contributed by atoms with Crippen molar-refractivity contribution in [1.29, 1.82) is 0 Å². The van der Waals surface area contributed by atoms with Crippen molar-refractivity contribution < 1.29 is 14.3 Å². The normalized spacial score (nSPS) is 16.1. The van der Waals surface area contributed by atoms with Gasteiger partial charge in [-0.25, -0.2) is 4.98 Å². The molecular formula is C26H29N5O3. The highest BCUT2D eigenvalue weighted by molar-refractivity contribution is 6.01. The molecule has 0 saturated carbocycles. The van der Waals surface area contributed by atoms with Gasteiger partial charge in [0.1, 0.15) is 17.6 Å². The Hall–Kier alpha value is -3.91. The van der Waals surface area contributed by atoms with Crippen LogP contribution in [0.2, 0.25) is 0 Å². The number of hydrogen-bond donors (Lipinski definition) is 2. The minimum Gasteiger partial charge on any atom is -0.497 e. The molecule has 4 rings (SSSR count). The first-order valence-electron chi connectivity index (χ1n) is 11.2. The predicted octanol–water partition coefficient (Wildman–Crippen LogP) is 2.91. The number of nitrogens with zero attached hydrogens (tertiary/aromatic N) is 3. The Morgan fingerprint density at radius 3 is 2.50 bits per heavy atom. The van der Waals surface area contributed by atoms with Crippen molar-refractivity contribution in [3.8, 4) is 5.75 Å². The lowest BCUT2D eigenvalue weighted by Crippen LogP contribution is -2.60. The zero-order valence-electron chi connectivity index (χ0n) is 19.4. The van der Waals surface area contributed by atoms with Gasteiger partial charge in [-0.05, 0) is 42.0 Å². The first-order chi connectivity index (χ1) is 16.6. The fourth-order valence-corrected chi connectivity index (χ4v) is 4.10. The number of hydrogen-bond acceptors (Lipinski definition) is 6. The molecule has 1 atom stereocenters. The second-order valence-corrected chi connectivity index (χ2v) is 8.10. The van der Waals surface area contributed by atoms with E-state index in [4.69, 9.17) is 4.74 Å². The summed E-state index contributed by atoms with van der Waals surface area (Å²) in [5.41, 5.74) is 2.38. The average molecular weight is 460 g/mol. The minimum atomic E-state index is -0.594. The number of rotatable bonds is 7. The van der Waals surface area contributed by atoms with E-state index in [-0.39, 0.29) is 11.8 Å². The molecule has 1 aromatic heterocycles. The largest absolute Gasteiger partial charge is 0.497 e. The molecule has 1 fully saturated rings. The van der Waals surface area contributed by atoms with Crippen LogP contribution >= 0.6 is 0 Å². The van der Waals surface area contributed by atoms with Gasteiger partial charge in [0, 0.05) is 45.1 Å². The maximum atomic E-state index is 13.6. The smallest absolute Gasteiger partial charge is 0.258 e. The fraction of sp³-hybridized carbons (Fsp3) is 0.269. The number of amides is 2. The monoisotopic (exact) mass is 459 g/mol. The zero-order chi connectivity index (χ0) is 23.9. The van der Waals surface area contributed by atoms with Gasteiger partial charge in [-0.1, -0.05) is 30.3 Å².